The van der Waals surface area contributed by atoms with Crippen molar-refractivity contribution in [1.29, 1.82) is 0 Å². The van der Waals surface area contributed by atoms with Gasteiger partial charge in [0.15, 0.2) is 0 Å². The summed E-state index contributed by atoms with van der Waals surface area (Å²) in [5, 5.41) is 0. The molecule has 0 N–H and O–H groups in total. The van der Waals surface area contributed by atoms with E-state index >= 15 is 0 Å². The van der Waals surface area contributed by atoms with Gasteiger partial charge in [-0.25, -0.2) is 4.98 Å². The molecule has 2 heterocycles. The van der Waals surface area contributed by atoms with Gasteiger partial charge < -0.3 is 9.64 Å². The lowest BCUT2D eigenvalue weighted by atomic mass is 10.1. The molecule has 1 aliphatic heterocycles. The highest BCUT2D eigenvalue weighted by atomic mass is 79.9. The first-order valence-corrected chi connectivity index (χ1v) is 7.44. The molecule has 0 saturated carbocycles. The zero-order valence-electron chi connectivity index (χ0n) is 11.4. The van der Waals surface area contributed by atoms with E-state index in [1.54, 1.807) is 6.07 Å². The maximum absolute atomic E-state index is 12.7. The molecule has 0 spiro atoms. The van der Waals surface area contributed by atoms with Crippen molar-refractivity contribution >= 4 is 21.6 Å². The van der Waals surface area contributed by atoms with E-state index in [0.29, 0.717) is 10.3 Å². The van der Waals surface area contributed by atoms with Gasteiger partial charge in [0.2, 0.25) is 5.88 Å². The zero-order chi connectivity index (χ0) is 15.7. The van der Waals surface area contributed by atoms with E-state index in [9.17, 15) is 13.2 Å². The van der Waals surface area contributed by atoms with Gasteiger partial charge in [0.05, 0.1) is 6.54 Å². The third-order valence-electron chi connectivity index (χ3n) is 3.32. The lowest BCUT2D eigenvalue weighted by Gasteiger charge is -2.31. The quantitative estimate of drug-likeness (QED) is 0.736. The SMILES string of the molecule is FC(F)(F)CN1CCOc2nc(Br)c(-c3ccccc3)cc21. The van der Waals surface area contributed by atoms with Gasteiger partial charge in [-0.15, -0.1) is 0 Å². The summed E-state index contributed by atoms with van der Waals surface area (Å²) in [7, 11) is 0. The topological polar surface area (TPSA) is 25.4 Å². The highest BCUT2D eigenvalue weighted by molar-refractivity contribution is 9.10. The Morgan fingerprint density at radius 2 is 1.95 bits per heavy atom. The number of hydrogen-bond acceptors (Lipinski definition) is 3. The average molecular weight is 373 g/mol. The Bertz CT molecular complexity index is 676. The molecular weight excluding hydrogens is 361 g/mol. The molecule has 116 valence electrons. The first-order chi connectivity index (χ1) is 10.4. The van der Waals surface area contributed by atoms with Gasteiger partial charge in [0.1, 0.15) is 23.4 Å². The number of rotatable bonds is 2. The Balaban J connectivity index is 2.04. The van der Waals surface area contributed by atoms with Crippen molar-refractivity contribution in [2.75, 3.05) is 24.6 Å². The molecule has 0 fully saturated rings. The monoisotopic (exact) mass is 372 g/mol. The molecule has 0 atom stereocenters. The largest absolute Gasteiger partial charge is 0.474 e. The Kier molecular flexibility index (Phi) is 3.99. The van der Waals surface area contributed by atoms with E-state index < -0.39 is 12.7 Å². The predicted molar refractivity (Wildman–Crippen MR) is 81.1 cm³/mol. The van der Waals surface area contributed by atoms with E-state index in [0.717, 1.165) is 11.1 Å². The lowest BCUT2D eigenvalue weighted by Crippen LogP contribution is -2.40. The van der Waals surface area contributed by atoms with E-state index in [-0.39, 0.29) is 19.0 Å². The van der Waals surface area contributed by atoms with Crippen LogP contribution >= 0.6 is 15.9 Å². The van der Waals surface area contributed by atoms with E-state index in [4.69, 9.17) is 4.74 Å². The first kappa shape index (κ1) is 15.1. The van der Waals surface area contributed by atoms with E-state index in [2.05, 4.69) is 20.9 Å². The van der Waals surface area contributed by atoms with Gasteiger partial charge in [-0.2, -0.15) is 13.2 Å². The van der Waals surface area contributed by atoms with Crippen LogP contribution in [0.2, 0.25) is 0 Å². The molecule has 0 unspecified atom stereocenters. The number of alkyl halides is 3. The van der Waals surface area contributed by atoms with Crippen LogP contribution in [0.5, 0.6) is 5.88 Å². The molecule has 1 aromatic carbocycles. The van der Waals surface area contributed by atoms with Gasteiger partial charge >= 0.3 is 6.18 Å². The van der Waals surface area contributed by atoms with Crippen molar-refractivity contribution in [2.24, 2.45) is 0 Å². The molecule has 0 saturated heterocycles. The number of benzene rings is 1. The standard InChI is InChI=1S/C15H12BrF3N2O/c16-13-11(10-4-2-1-3-5-10)8-12-14(20-13)22-7-6-21(12)9-15(17,18)19/h1-5,8H,6-7,9H2. The van der Waals surface area contributed by atoms with Gasteiger partial charge in [0, 0.05) is 5.56 Å². The number of nitrogens with zero attached hydrogens (tertiary/aromatic N) is 2. The summed E-state index contributed by atoms with van der Waals surface area (Å²) in [4.78, 5) is 5.51. The lowest BCUT2D eigenvalue weighted by molar-refractivity contribution is -0.120. The summed E-state index contributed by atoms with van der Waals surface area (Å²) < 4.78 is 44.1. The first-order valence-electron chi connectivity index (χ1n) is 6.64. The van der Waals surface area contributed by atoms with Crippen LogP contribution < -0.4 is 9.64 Å². The number of hydrogen-bond donors (Lipinski definition) is 0. The van der Waals surface area contributed by atoms with E-state index in [1.165, 1.54) is 4.90 Å². The number of pyridine rings is 1. The van der Waals surface area contributed by atoms with Crippen molar-refractivity contribution in [3.05, 3.63) is 41.0 Å². The summed E-state index contributed by atoms with van der Waals surface area (Å²) in [6.07, 6.45) is -4.27. The molecule has 0 bridgehead atoms. The predicted octanol–water partition coefficient (Wildman–Crippen LogP) is 4.27. The molecule has 1 aliphatic rings. The van der Waals surface area contributed by atoms with Crippen molar-refractivity contribution in [2.45, 2.75) is 6.18 Å². The minimum atomic E-state index is -4.27. The number of ether oxygens (including phenoxy) is 1. The molecule has 2 aromatic rings. The molecule has 1 aromatic heterocycles. The summed E-state index contributed by atoms with van der Waals surface area (Å²) in [5.74, 6) is 0.224. The van der Waals surface area contributed by atoms with Crippen LogP contribution in [0.3, 0.4) is 0 Å². The fraction of sp³-hybridized carbons (Fsp3) is 0.267. The Morgan fingerprint density at radius 3 is 2.64 bits per heavy atom. The molecule has 7 heteroatoms. The summed E-state index contributed by atoms with van der Waals surface area (Å²) >= 11 is 3.36. The van der Waals surface area contributed by atoms with Crippen LogP contribution in [-0.2, 0) is 0 Å². The maximum atomic E-state index is 12.7. The average Bonchev–Trinajstić information content (AvgIpc) is 2.46. The number of halogens is 4. The highest BCUT2D eigenvalue weighted by Gasteiger charge is 2.34. The van der Waals surface area contributed by atoms with Crippen LogP contribution in [0.15, 0.2) is 41.0 Å². The fourth-order valence-electron chi connectivity index (χ4n) is 2.37. The number of anilines is 1. The second-order valence-corrected chi connectivity index (χ2v) is 5.65. The van der Waals surface area contributed by atoms with Crippen molar-refractivity contribution < 1.29 is 17.9 Å². The van der Waals surface area contributed by atoms with Gasteiger partial charge in [-0.05, 0) is 27.6 Å². The van der Waals surface area contributed by atoms with Crippen molar-refractivity contribution in [3.63, 3.8) is 0 Å². The van der Waals surface area contributed by atoms with Gasteiger partial charge in [-0.3, -0.25) is 0 Å². The van der Waals surface area contributed by atoms with Crippen LogP contribution in [0, 0.1) is 0 Å². The molecule has 3 rings (SSSR count). The molecule has 22 heavy (non-hydrogen) atoms. The Hall–Kier alpha value is -1.76. The molecule has 0 radical (unpaired) electrons. The third-order valence-corrected chi connectivity index (χ3v) is 3.92. The van der Waals surface area contributed by atoms with Crippen molar-refractivity contribution in [1.82, 2.24) is 4.98 Å². The van der Waals surface area contributed by atoms with Crippen molar-refractivity contribution in [3.8, 4) is 17.0 Å². The van der Waals surface area contributed by atoms with Crippen LogP contribution in [0.25, 0.3) is 11.1 Å². The van der Waals surface area contributed by atoms with Crippen LogP contribution in [-0.4, -0.2) is 30.9 Å². The Morgan fingerprint density at radius 1 is 1.23 bits per heavy atom. The minimum absolute atomic E-state index is 0.185. The molecular formula is C15H12BrF3N2O. The molecule has 0 amide bonds. The number of fused-ring (bicyclic) bond motifs is 1. The highest BCUT2D eigenvalue weighted by Crippen LogP contribution is 2.38. The summed E-state index contributed by atoms with van der Waals surface area (Å²) in [6.45, 7) is -0.641. The summed E-state index contributed by atoms with van der Waals surface area (Å²) in [5.41, 5.74) is 1.98. The normalized spacial score (nSPS) is 14.5. The third kappa shape index (κ3) is 3.19. The molecule has 3 nitrogen and oxygen atoms in total. The maximum Gasteiger partial charge on any atom is 0.405 e. The number of aromatic nitrogens is 1. The molecule has 0 aliphatic carbocycles. The smallest absolute Gasteiger partial charge is 0.405 e. The Labute approximate surface area is 133 Å². The van der Waals surface area contributed by atoms with Gasteiger partial charge in [0.25, 0.3) is 0 Å². The summed E-state index contributed by atoms with van der Waals surface area (Å²) in [6, 6.07) is 11.1. The van der Waals surface area contributed by atoms with Gasteiger partial charge in [-0.1, -0.05) is 30.3 Å². The zero-order valence-corrected chi connectivity index (χ0v) is 13.0. The second kappa shape index (κ2) is 5.79. The van der Waals surface area contributed by atoms with Crippen LogP contribution in [0.1, 0.15) is 0 Å². The van der Waals surface area contributed by atoms with Crippen LogP contribution in [0.4, 0.5) is 18.9 Å². The van der Waals surface area contributed by atoms with E-state index in [1.807, 2.05) is 30.3 Å². The minimum Gasteiger partial charge on any atom is -0.474 e. The second-order valence-electron chi connectivity index (χ2n) is 4.90. The fourth-order valence-corrected chi connectivity index (χ4v) is 2.88.